The summed E-state index contributed by atoms with van der Waals surface area (Å²) in [7, 11) is 0. The minimum atomic E-state index is -0.194. The summed E-state index contributed by atoms with van der Waals surface area (Å²) in [6.45, 7) is 1.43. The van der Waals surface area contributed by atoms with Crippen LogP contribution in [-0.2, 0) is 0 Å². The van der Waals surface area contributed by atoms with E-state index >= 15 is 0 Å². The minimum absolute atomic E-state index is 0.194. The van der Waals surface area contributed by atoms with Crippen LogP contribution in [0.25, 0.3) is 11.3 Å². The molecule has 0 bridgehead atoms. The Labute approximate surface area is 119 Å². The second kappa shape index (κ2) is 5.07. The van der Waals surface area contributed by atoms with Crippen LogP contribution in [-0.4, -0.2) is 38.8 Å². The van der Waals surface area contributed by atoms with Gasteiger partial charge in [0.2, 0.25) is 0 Å². The maximum Gasteiger partial charge on any atom is 0.193 e. The molecular formula is C14H10N6O. The quantitative estimate of drug-likeness (QED) is 0.667. The zero-order valence-corrected chi connectivity index (χ0v) is 11.1. The van der Waals surface area contributed by atoms with Gasteiger partial charge in [-0.1, -0.05) is 35.5 Å². The number of allylic oxidation sites excluding steroid dienone is 1. The first-order valence-electron chi connectivity index (χ1n) is 6.15. The molecule has 0 saturated heterocycles. The van der Waals surface area contributed by atoms with Crippen LogP contribution in [0.15, 0.2) is 46.0 Å². The number of carbonyl (C=O) groups excluding carboxylic acids is 1. The summed E-state index contributed by atoms with van der Waals surface area (Å²) < 4.78 is 1.41. The highest BCUT2D eigenvalue weighted by molar-refractivity contribution is 6.14. The smallest absolute Gasteiger partial charge is 0.193 e. The first kappa shape index (κ1) is 12.8. The van der Waals surface area contributed by atoms with E-state index < -0.39 is 0 Å². The number of nitrogens with zero attached hydrogens (tertiary/aromatic N) is 5. The number of benzene rings is 1. The van der Waals surface area contributed by atoms with Crippen molar-refractivity contribution < 1.29 is 4.79 Å². The monoisotopic (exact) mass is 278 g/mol. The van der Waals surface area contributed by atoms with Gasteiger partial charge in [0.1, 0.15) is 12.0 Å². The molecule has 1 aliphatic rings. The van der Waals surface area contributed by atoms with Crippen molar-refractivity contribution in [1.82, 2.24) is 15.0 Å². The molecule has 21 heavy (non-hydrogen) atoms. The first-order valence-corrected chi connectivity index (χ1v) is 6.15. The molecule has 102 valence electrons. The van der Waals surface area contributed by atoms with Gasteiger partial charge in [-0.15, -0.1) is 5.10 Å². The van der Waals surface area contributed by atoms with Crippen molar-refractivity contribution in [3.8, 4) is 11.3 Å². The molecular weight excluding hydrogens is 268 g/mol. The molecule has 1 N–H and O–H groups in total. The Morgan fingerprint density at radius 2 is 2.05 bits per heavy atom. The Kier molecular flexibility index (Phi) is 3.10. The van der Waals surface area contributed by atoms with Crippen LogP contribution in [0, 0.1) is 5.41 Å². The van der Waals surface area contributed by atoms with E-state index in [1.807, 2.05) is 30.3 Å². The summed E-state index contributed by atoms with van der Waals surface area (Å²) in [6, 6.07) is 9.30. The SMILES string of the molecule is CC(=O)c1nnn(C2=NC=NC2=C=N)c1-c1ccccc1. The average Bonchev–Trinajstić information content (AvgIpc) is 3.13. The number of aromatic nitrogens is 3. The van der Waals surface area contributed by atoms with Crippen LogP contribution in [0.3, 0.4) is 0 Å². The maximum atomic E-state index is 11.8. The third kappa shape index (κ3) is 2.11. The summed E-state index contributed by atoms with van der Waals surface area (Å²) in [6.07, 6.45) is 1.32. The number of aliphatic imine (C=N–C) groups is 2. The van der Waals surface area contributed by atoms with Crippen molar-refractivity contribution in [3.05, 3.63) is 41.7 Å². The van der Waals surface area contributed by atoms with Crippen LogP contribution >= 0.6 is 0 Å². The number of ketones is 1. The van der Waals surface area contributed by atoms with Gasteiger partial charge >= 0.3 is 0 Å². The number of hydrogen-bond acceptors (Lipinski definition) is 6. The fourth-order valence-corrected chi connectivity index (χ4v) is 2.03. The van der Waals surface area contributed by atoms with Crippen LogP contribution < -0.4 is 0 Å². The zero-order valence-electron chi connectivity index (χ0n) is 11.1. The van der Waals surface area contributed by atoms with Gasteiger partial charge in [-0.3, -0.25) is 10.2 Å². The fourth-order valence-electron chi connectivity index (χ4n) is 2.03. The molecule has 0 amide bonds. The number of nitrogens with one attached hydrogen (secondary N) is 1. The summed E-state index contributed by atoms with van der Waals surface area (Å²) >= 11 is 0. The van der Waals surface area contributed by atoms with Crippen molar-refractivity contribution in [2.24, 2.45) is 9.98 Å². The standard InChI is InChI=1S/C14H10N6O/c1-9(21)12-13(10-5-3-2-4-6-10)20(19-18-12)14-11(7-15)16-8-17-14/h2-6,8,15H,1H3. The summed E-state index contributed by atoms with van der Waals surface area (Å²) in [4.78, 5) is 19.8. The molecule has 1 aliphatic heterocycles. The fraction of sp³-hybridized carbons (Fsp3) is 0.0714. The van der Waals surface area contributed by atoms with Gasteiger partial charge in [0.05, 0.1) is 0 Å². The lowest BCUT2D eigenvalue weighted by molar-refractivity contribution is 0.101. The molecule has 1 aromatic heterocycles. The van der Waals surface area contributed by atoms with Gasteiger partial charge < -0.3 is 0 Å². The van der Waals surface area contributed by atoms with Gasteiger partial charge in [0, 0.05) is 18.4 Å². The number of Topliss-reactive ketones (excluding diaryl/α,β-unsaturated/α-hetero) is 1. The van der Waals surface area contributed by atoms with Crippen molar-refractivity contribution in [2.45, 2.75) is 6.92 Å². The Morgan fingerprint density at radius 1 is 1.29 bits per heavy atom. The van der Waals surface area contributed by atoms with Gasteiger partial charge in [-0.2, -0.15) is 4.68 Å². The molecule has 0 unspecified atom stereocenters. The van der Waals surface area contributed by atoms with E-state index in [0.29, 0.717) is 11.5 Å². The van der Waals surface area contributed by atoms with Gasteiger partial charge in [-0.25, -0.2) is 9.98 Å². The van der Waals surface area contributed by atoms with E-state index in [1.54, 1.807) is 0 Å². The molecule has 7 nitrogen and oxygen atoms in total. The summed E-state index contributed by atoms with van der Waals surface area (Å²) in [5.74, 6) is 2.32. The molecule has 0 fully saturated rings. The van der Waals surface area contributed by atoms with E-state index in [9.17, 15) is 4.79 Å². The van der Waals surface area contributed by atoms with Gasteiger partial charge in [-0.05, 0) is 0 Å². The van der Waals surface area contributed by atoms with Crippen molar-refractivity contribution in [3.63, 3.8) is 0 Å². The predicted molar refractivity (Wildman–Crippen MR) is 78.0 cm³/mol. The summed E-state index contributed by atoms with van der Waals surface area (Å²) in [5, 5.41) is 15.2. The van der Waals surface area contributed by atoms with Crippen LogP contribution in [0.1, 0.15) is 17.4 Å². The second-order valence-electron chi connectivity index (χ2n) is 4.29. The predicted octanol–water partition coefficient (Wildman–Crippen LogP) is 1.57. The minimum Gasteiger partial charge on any atom is -0.293 e. The molecule has 0 saturated carbocycles. The molecule has 0 aliphatic carbocycles. The Bertz CT molecular complexity index is 824. The molecule has 0 spiro atoms. The second-order valence-corrected chi connectivity index (χ2v) is 4.29. The highest BCUT2D eigenvalue weighted by Gasteiger charge is 2.24. The normalized spacial score (nSPS) is 13.2. The van der Waals surface area contributed by atoms with Gasteiger partial charge in [0.25, 0.3) is 0 Å². The van der Waals surface area contributed by atoms with E-state index in [0.717, 1.165) is 5.56 Å². The van der Waals surface area contributed by atoms with E-state index in [-0.39, 0.29) is 17.2 Å². The maximum absolute atomic E-state index is 11.8. The van der Waals surface area contributed by atoms with Crippen LogP contribution in [0.2, 0.25) is 0 Å². The molecule has 1 aromatic carbocycles. The van der Waals surface area contributed by atoms with Gasteiger partial charge in [0.15, 0.2) is 23.0 Å². The lowest BCUT2D eigenvalue weighted by Gasteiger charge is -2.06. The molecule has 7 heteroatoms. The molecule has 2 aromatic rings. The van der Waals surface area contributed by atoms with E-state index in [1.165, 1.54) is 17.9 Å². The number of hydrogen-bond donors (Lipinski definition) is 1. The third-order valence-electron chi connectivity index (χ3n) is 2.95. The number of carbonyl (C=O) groups is 1. The van der Waals surface area contributed by atoms with E-state index in [4.69, 9.17) is 5.41 Å². The lowest BCUT2D eigenvalue weighted by atomic mass is 10.1. The highest BCUT2D eigenvalue weighted by atomic mass is 16.1. The molecule has 0 atom stereocenters. The van der Waals surface area contributed by atoms with Crippen LogP contribution in [0.5, 0.6) is 0 Å². The van der Waals surface area contributed by atoms with E-state index in [2.05, 4.69) is 26.2 Å². The Morgan fingerprint density at radius 3 is 2.71 bits per heavy atom. The third-order valence-corrected chi connectivity index (χ3v) is 2.95. The molecule has 0 radical (unpaired) electrons. The zero-order chi connectivity index (χ0) is 14.8. The molecule has 3 rings (SSSR count). The average molecular weight is 278 g/mol. The number of rotatable bonds is 2. The topological polar surface area (TPSA) is 96.3 Å². The van der Waals surface area contributed by atoms with Crippen molar-refractivity contribution >= 4 is 23.8 Å². The Hall–Kier alpha value is -3.18. The molecule has 2 heterocycles. The van der Waals surface area contributed by atoms with Crippen LogP contribution in [0.4, 0.5) is 0 Å². The van der Waals surface area contributed by atoms with Crippen molar-refractivity contribution in [1.29, 1.82) is 5.41 Å². The first-order chi connectivity index (χ1) is 10.2. The Balaban J connectivity index is 2.24. The largest absolute Gasteiger partial charge is 0.293 e. The van der Waals surface area contributed by atoms with Crippen molar-refractivity contribution in [2.75, 3.05) is 0 Å². The lowest BCUT2D eigenvalue weighted by Crippen LogP contribution is -2.15. The summed E-state index contributed by atoms with van der Waals surface area (Å²) in [5.41, 5.74) is 1.80. The highest BCUT2D eigenvalue weighted by Crippen LogP contribution is 2.24.